The van der Waals surface area contributed by atoms with Gasteiger partial charge in [-0.25, -0.2) is 4.98 Å². The van der Waals surface area contributed by atoms with Crippen LogP contribution in [0.15, 0.2) is 91.3 Å². The minimum atomic E-state index is -0.196. The van der Waals surface area contributed by atoms with E-state index in [1.165, 1.54) is 0 Å². The van der Waals surface area contributed by atoms with Gasteiger partial charge in [0.2, 0.25) is 0 Å². The van der Waals surface area contributed by atoms with Gasteiger partial charge in [-0.05, 0) is 54.1 Å². The summed E-state index contributed by atoms with van der Waals surface area (Å²) in [6, 6.07) is 24.3. The Labute approximate surface area is 174 Å². The first-order valence-electron chi connectivity index (χ1n) is 9.55. The molecule has 0 atom stereocenters. The van der Waals surface area contributed by atoms with Crippen LogP contribution in [-0.4, -0.2) is 15.9 Å². The SMILES string of the molecule is Nc1ccccc1NC(=O)c1ccc(CNc2cccc(-c3cccnc3)n2)cc1. The van der Waals surface area contributed by atoms with Gasteiger partial charge in [-0.1, -0.05) is 30.3 Å². The van der Waals surface area contributed by atoms with E-state index < -0.39 is 0 Å². The van der Waals surface area contributed by atoms with Gasteiger partial charge in [-0.3, -0.25) is 9.78 Å². The van der Waals surface area contributed by atoms with Gasteiger partial charge in [0.25, 0.3) is 5.91 Å². The van der Waals surface area contributed by atoms with E-state index >= 15 is 0 Å². The molecule has 30 heavy (non-hydrogen) atoms. The van der Waals surface area contributed by atoms with Crippen LogP contribution < -0.4 is 16.4 Å². The standard InChI is InChI=1S/C24H21N5O/c25-20-6-1-2-7-22(20)29-24(30)18-12-10-17(11-13-18)15-27-23-9-3-8-21(28-23)19-5-4-14-26-16-19/h1-14,16H,15,25H2,(H,27,28)(H,29,30). The van der Waals surface area contributed by atoms with Crippen molar-refractivity contribution in [1.82, 2.24) is 9.97 Å². The van der Waals surface area contributed by atoms with Gasteiger partial charge in [-0.2, -0.15) is 0 Å². The minimum Gasteiger partial charge on any atom is -0.397 e. The molecule has 0 saturated heterocycles. The zero-order valence-electron chi connectivity index (χ0n) is 16.2. The van der Waals surface area contributed by atoms with E-state index in [4.69, 9.17) is 5.73 Å². The number of hydrogen-bond acceptors (Lipinski definition) is 5. The lowest BCUT2D eigenvalue weighted by Crippen LogP contribution is -2.13. The molecule has 0 bridgehead atoms. The van der Waals surface area contributed by atoms with Crippen molar-refractivity contribution in [2.45, 2.75) is 6.54 Å². The number of pyridine rings is 2. The van der Waals surface area contributed by atoms with Crippen molar-refractivity contribution in [2.75, 3.05) is 16.4 Å². The number of nitrogens with two attached hydrogens (primary N) is 1. The van der Waals surface area contributed by atoms with E-state index in [2.05, 4.69) is 20.6 Å². The number of benzene rings is 2. The van der Waals surface area contributed by atoms with Crippen molar-refractivity contribution in [3.63, 3.8) is 0 Å². The molecule has 0 saturated carbocycles. The van der Waals surface area contributed by atoms with Crippen LogP contribution in [0.25, 0.3) is 11.3 Å². The molecule has 4 N–H and O–H groups in total. The van der Waals surface area contributed by atoms with Gasteiger partial charge < -0.3 is 16.4 Å². The number of carbonyl (C=O) groups is 1. The number of amides is 1. The van der Waals surface area contributed by atoms with Crippen LogP contribution in [0.5, 0.6) is 0 Å². The second kappa shape index (κ2) is 8.87. The molecule has 2 aromatic carbocycles. The molecule has 0 aliphatic carbocycles. The number of aromatic nitrogens is 2. The smallest absolute Gasteiger partial charge is 0.255 e. The predicted octanol–water partition coefficient (Wildman–Crippen LogP) is 4.59. The van der Waals surface area contributed by atoms with Crippen molar-refractivity contribution in [1.29, 1.82) is 0 Å². The van der Waals surface area contributed by atoms with Gasteiger partial charge >= 0.3 is 0 Å². The normalized spacial score (nSPS) is 10.4. The molecule has 0 spiro atoms. The quantitative estimate of drug-likeness (QED) is 0.415. The fourth-order valence-corrected chi connectivity index (χ4v) is 2.98. The Morgan fingerprint density at radius 2 is 1.73 bits per heavy atom. The number of hydrogen-bond donors (Lipinski definition) is 3. The summed E-state index contributed by atoms with van der Waals surface area (Å²) in [5, 5.41) is 6.15. The van der Waals surface area contributed by atoms with Crippen LogP contribution >= 0.6 is 0 Å². The van der Waals surface area contributed by atoms with Gasteiger partial charge in [-0.15, -0.1) is 0 Å². The van der Waals surface area contributed by atoms with Crippen molar-refractivity contribution in [2.24, 2.45) is 0 Å². The number of rotatable bonds is 6. The fourth-order valence-electron chi connectivity index (χ4n) is 2.98. The zero-order chi connectivity index (χ0) is 20.8. The topological polar surface area (TPSA) is 92.9 Å². The Morgan fingerprint density at radius 3 is 2.50 bits per heavy atom. The molecule has 4 rings (SSSR count). The van der Waals surface area contributed by atoms with Crippen molar-refractivity contribution >= 4 is 23.1 Å². The Hall–Kier alpha value is -4.19. The molecule has 4 aromatic rings. The summed E-state index contributed by atoms with van der Waals surface area (Å²) in [5.41, 5.74) is 10.5. The van der Waals surface area contributed by atoms with Gasteiger partial charge in [0.15, 0.2) is 0 Å². The highest BCUT2D eigenvalue weighted by atomic mass is 16.1. The van der Waals surface area contributed by atoms with E-state index in [1.807, 2.05) is 54.6 Å². The molecule has 2 aromatic heterocycles. The molecular weight excluding hydrogens is 374 g/mol. The van der Waals surface area contributed by atoms with E-state index in [9.17, 15) is 4.79 Å². The van der Waals surface area contributed by atoms with Gasteiger partial charge in [0.05, 0.1) is 17.1 Å². The van der Waals surface area contributed by atoms with Crippen molar-refractivity contribution < 1.29 is 4.79 Å². The lowest BCUT2D eigenvalue weighted by molar-refractivity contribution is 0.102. The highest BCUT2D eigenvalue weighted by Gasteiger charge is 2.08. The van der Waals surface area contributed by atoms with Crippen LogP contribution in [0.4, 0.5) is 17.2 Å². The average molecular weight is 395 g/mol. The predicted molar refractivity (Wildman–Crippen MR) is 120 cm³/mol. The lowest BCUT2D eigenvalue weighted by Gasteiger charge is -2.10. The Kier molecular flexibility index (Phi) is 5.66. The second-order valence-electron chi connectivity index (χ2n) is 6.74. The van der Waals surface area contributed by atoms with Crippen LogP contribution in [0.1, 0.15) is 15.9 Å². The van der Waals surface area contributed by atoms with E-state index in [0.29, 0.717) is 23.5 Å². The maximum Gasteiger partial charge on any atom is 0.255 e. The monoisotopic (exact) mass is 395 g/mol. The summed E-state index contributed by atoms with van der Waals surface area (Å²) in [5.74, 6) is 0.580. The number of anilines is 3. The molecule has 0 radical (unpaired) electrons. The lowest BCUT2D eigenvalue weighted by atomic mass is 10.1. The number of carbonyl (C=O) groups excluding carboxylic acids is 1. The average Bonchev–Trinajstić information content (AvgIpc) is 2.80. The molecule has 2 heterocycles. The fraction of sp³-hybridized carbons (Fsp3) is 0.0417. The second-order valence-corrected chi connectivity index (χ2v) is 6.74. The first kappa shape index (κ1) is 19.1. The van der Waals surface area contributed by atoms with E-state index in [0.717, 1.165) is 22.6 Å². The summed E-state index contributed by atoms with van der Waals surface area (Å²) in [6.45, 7) is 0.594. The first-order chi connectivity index (χ1) is 14.7. The summed E-state index contributed by atoms with van der Waals surface area (Å²) >= 11 is 0. The van der Waals surface area contributed by atoms with Crippen LogP contribution in [0.2, 0.25) is 0 Å². The number of nitrogens with zero attached hydrogens (tertiary/aromatic N) is 2. The largest absolute Gasteiger partial charge is 0.397 e. The summed E-state index contributed by atoms with van der Waals surface area (Å²) < 4.78 is 0. The number of nitrogens with one attached hydrogen (secondary N) is 2. The first-order valence-corrected chi connectivity index (χ1v) is 9.55. The molecule has 148 valence electrons. The minimum absolute atomic E-state index is 0.196. The number of para-hydroxylation sites is 2. The molecule has 1 amide bonds. The Bertz CT molecular complexity index is 1140. The maximum absolute atomic E-state index is 12.4. The number of nitrogen functional groups attached to an aromatic ring is 1. The van der Waals surface area contributed by atoms with E-state index in [1.54, 1.807) is 36.7 Å². The van der Waals surface area contributed by atoms with Crippen molar-refractivity contribution in [3.8, 4) is 11.3 Å². The van der Waals surface area contributed by atoms with E-state index in [-0.39, 0.29) is 5.91 Å². The van der Waals surface area contributed by atoms with Crippen molar-refractivity contribution in [3.05, 3.63) is 102 Å². The third-order valence-electron chi connectivity index (χ3n) is 4.61. The third kappa shape index (κ3) is 4.62. The molecule has 6 nitrogen and oxygen atoms in total. The summed E-state index contributed by atoms with van der Waals surface area (Å²) in [4.78, 5) is 21.2. The van der Waals surface area contributed by atoms with Crippen LogP contribution in [0, 0.1) is 0 Å². The van der Waals surface area contributed by atoms with Gasteiger partial charge in [0.1, 0.15) is 5.82 Å². The zero-order valence-corrected chi connectivity index (χ0v) is 16.2. The maximum atomic E-state index is 12.4. The molecule has 0 unspecified atom stereocenters. The van der Waals surface area contributed by atoms with Gasteiger partial charge in [0, 0.05) is 30.1 Å². The molecule has 0 aliphatic heterocycles. The van der Waals surface area contributed by atoms with Crippen LogP contribution in [-0.2, 0) is 6.54 Å². The highest BCUT2D eigenvalue weighted by molar-refractivity contribution is 6.05. The van der Waals surface area contributed by atoms with Crippen LogP contribution in [0.3, 0.4) is 0 Å². The molecule has 0 aliphatic rings. The summed E-state index contributed by atoms with van der Waals surface area (Å²) in [6.07, 6.45) is 3.53. The molecule has 0 fully saturated rings. The summed E-state index contributed by atoms with van der Waals surface area (Å²) in [7, 11) is 0. The molecule has 6 heteroatoms. The Balaban J connectivity index is 1.38. The highest BCUT2D eigenvalue weighted by Crippen LogP contribution is 2.19. The Morgan fingerprint density at radius 1 is 0.900 bits per heavy atom. The third-order valence-corrected chi connectivity index (χ3v) is 4.61. The molecular formula is C24H21N5O.